The number of ether oxygens (including phenoxy) is 1. The van der Waals surface area contributed by atoms with Crippen LogP contribution < -0.4 is 4.90 Å². The van der Waals surface area contributed by atoms with E-state index in [-0.39, 0.29) is 5.69 Å². The van der Waals surface area contributed by atoms with Gasteiger partial charge in [-0.1, -0.05) is 0 Å². The Morgan fingerprint density at radius 2 is 2.24 bits per heavy atom. The van der Waals surface area contributed by atoms with Crippen molar-refractivity contribution < 1.29 is 19.7 Å². The smallest absolute Gasteiger partial charge is 0.357 e. The number of carbonyl (C=O) groups excluding carboxylic acids is 1. The molecular weight excluding hydrogens is 244 g/mol. The van der Waals surface area contributed by atoms with E-state index in [1.54, 1.807) is 17.2 Å². The quantitative estimate of drug-likeness (QED) is 0.734. The van der Waals surface area contributed by atoms with Crippen molar-refractivity contribution in [3.8, 4) is 0 Å². The van der Waals surface area contributed by atoms with Crippen LogP contribution >= 0.6 is 11.3 Å². The van der Waals surface area contributed by atoms with Crippen LogP contribution in [0, 0.1) is 0 Å². The van der Waals surface area contributed by atoms with Gasteiger partial charge in [0.05, 0.1) is 18.8 Å². The van der Waals surface area contributed by atoms with Crippen molar-refractivity contribution in [1.29, 1.82) is 0 Å². The van der Waals surface area contributed by atoms with Gasteiger partial charge in [-0.3, -0.25) is 0 Å². The van der Waals surface area contributed by atoms with E-state index in [9.17, 15) is 15.0 Å². The van der Waals surface area contributed by atoms with Gasteiger partial charge in [-0.05, 0) is 6.92 Å². The number of rotatable bonds is 3. The largest absolute Gasteiger partial charge is 0.461 e. The zero-order valence-electron chi connectivity index (χ0n) is 9.37. The Labute approximate surface area is 102 Å². The number of hydrogen-bond donors (Lipinski definition) is 2. The van der Waals surface area contributed by atoms with E-state index in [0.717, 1.165) is 0 Å². The molecule has 1 aliphatic rings. The van der Waals surface area contributed by atoms with E-state index in [0.29, 0.717) is 24.8 Å². The van der Waals surface area contributed by atoms with Crippen molar-refractivity contribution >= 4 is 22.4 Å². The fourth-order valence-corrected chi connectivity index (χ4v) is 2.45. The van der Waals surface area contributed by atoms with Gasteiger partial charge in [0.15, 0.2) is 10.8 Å². The maximum atomic E-state index is 11.4. The Hall–Kier alpha value is -1.18. The number of thiazole rings is 1. The Bertz CT molecular complexity index is 399. The summed E-state index contributed by atoms with van der Waals surface area (Å²) < 4.78 is 4.83. The summed E-state index contributed by atoms with van der Waals surface area (Å²) in [5.41, 5.74) is 0.266. The number of aliphatic hydroxyl groups is 2. The van der Waals surface area contributed by atoms with E-state index in [4.69, 9.17) is 4.74 Å². The van der Waals surface area contributed by atoms with Gasteiger partial charge in [0.25, 0.3) is 0 Å². The lowest BCUT2D eigenvalue weighted by Crippen LogP contribution is -2.22. The summed E-state index contributed by atoms with van der Waals surface area (Å²) in [4.78, 5) is 17.3. The summed E-state index contributed by atoms with van der Waals surface area (Å²) in [5, 5.41) is 21.1. The van der Waals surface area contributed by atoms with Crippen LogP contribution in [-0.4, -0.2) is 53.1 Å². The number of aliphatic hydroxyl groups excluding tert-OH is 2. The molecule has 0 bridgehead atoms. The first-order valence-corrected chi connectivity index (χ1v) is 6.23. The Balaban J connectivity index is 2.06. The van der Waals surface area contributed by atoms with Crippen molar-refractivity contribution in [3.05, 3.63) is 11.1 Å². The number of nitrogens with zero attached hydrogens (tertiary/aromatic N) is 2. The second-order valence-electron chi connectivity index (χ2n) is 3.78. The molecule has 7 heteroatoms. The number of esters is 1. The molecule has 0 spiro atoms. The van der Waals surface area contributed by atoms with E-state index >= 15 is 0 Å². The van der Waals surface area contributed by atoms with E-state index < -0.39 is 18.2 Å². The van der Waals surface area contributed by atoms with Gasteiger partial charge in [0.2, 0.25) is 0 Å². The van der Waals surface area contributed by atoms with Crippen molar-refractivity contribution in [1.82, 2.24) is 4.98 Å². The molecular formula is C10H14N2O4S. The van der Waals surface area contributed by atoms with Gasteiger partial charge < -0.3 is 19.8 Å². The Morgan fingerprint density at radius 3 is 2.82 bits per heavy atom. The highest BCUT2D eigenvalue weighted by Crippen LogP contribution is 2.25. The lowest BCUT2D eigenvalue weighted by atomic mass is 10.3. The highest BCUT2D eigenvalue weighted by Gasteiger charge is 2.31. The van der Waals surface area contributed by atoms with Gasteiger partial charge in [-0.25, -0.2) is 9.78 Å². The zero-order chi connectivity index (χ0) is 12.4. The minimum Gasteiger partial charge on any atom is -0.461 e. The Morgan fingerprint density at radius 1 is 1.59 bits per heavy atom. The van der Waals surface area contributed by atoms with Crippen molar-refractivity contribution in [2.45, 2.75) is 19.1 Å². The van der Waals surface area contributed by atoms with Crippen LogP contribution in [-0.2, 0) is 4.74 Å². The molecule has 1 aliphatic heterocycles. The summed E-state index contributed by atoms with van der Waals surface area (Å²) >= 11 is 1.30. The predicted molar refractivity (Wildman–Crippen MR) is 62.3 cm³/mol. The lowest BCUT2D eigenvalue weighted by Gasteiger charge is -2.12. The predicted octanol–water partition coefficient (Wildman–Crippen LogP) is -0.138. The molecule has 1 saturated heterocycles. The topological polar surface area (TPSA) is 82.9 Å². The highest BCUT2D eigenvalue weighted by molar-refractivity contribution is 7.13. The molecule has 0 radical (unpaired) electrons. The first-order valence-electron chi connectivity index (χ1n) is 5.35. The molecule has 6 nitrogen and oxygen atoms in total. The zero-order valence-corrected chi connectivity index (χ0v) is 10.2. The van der Waals surface area contributed by atoms with Gasteiger partial charge in [-0.2, -0.15) is 0 Å². The number of carbonyl (C=O) groups is 1. The monoisotopic (exact) mass is 258 g/mol. The molecule has 94 valence electrons. The summed E-state index contributed by atoms with van der Waals surface area (Å²) in [7, 11) is 0. The van der Waals surface area contributed by atoms with Crippen LogP contribution in [0.3, 0.4) is 0 Å². The number of β-amino-alcohol motifs (C(OH)–C–C–N with tert-alkyl or cyclic N) is 2. The summed E-state index contributed by atoms with van der Waals surface area (Å²) in [6.45, 7) is 2.71. The van der Waals surface area contributed by atoms with E-state index in [1.165, 1.54) is 11.3 Å². The minimum atomic E-state index is -0.759. The van der Waals surface area contributed by atoms with Crippen molar-refractivity contribution in [2.75, 3.05) is 24.6 Å². The molecule has 2 atom stereocenters. The summed E-state index contributed by atoms with van der Waals surface area (Å²) in [5.74, 6) is -0.449. The van der Waals surface area contributed by atoms with Crippen LogP contribution in [0.5, 0.6) is 0 Å². The fourth-order valence-electron chi connectivity index (χ4n) is 1.63. The molecule has 0 saturated carbocycles. The third-order valence-corrected chi connectivity index (χ3v) is 3.41. The van der Waals surface area contributed by atoms with Gasteiger partial charge in [0.1, 0.15) is 0 Å². The second kappa shape index (κ2) is 4.99. The molecule has 0 aromatic carbocycles. The molecule has 0 amide bonds. The van der Waals surface area contributed by atoms with Crippen LogP contribution in [0.1, 0.15) is 17.4 Å². The average molecular weight is 258 g/mol. The van der Waals surface area contributed by atoms with Crippen LogP contribution in [0.4, 0.5) is 5.13 Å². The highest BCUT2D eigenvalue weighted by atomic mass is 32.1. The molecule has 2 N–H and O–H groups in total. The van der Waals surface area contributed by atoms with Crippen molar-refractivity contribution in [3.63, 3.8) is 0 Å². The second-order valence-corrected chi connectivity index (χ2v) is 4.61. The van der Waals surface area contributed by atoms with Gasteiger partial charge in [-0.15, -0.1) is 11.3 Å². The van der Waals surface area contributed by atoms with Gasteiger partial charge in [0, 0.05) is 18.5 Å². The summed E-state index contributed by atoms with van der Waals surface area (Å²) in [6.07, 6.45) is -1.52. The first-order chi connectivity index (χ1) is 8.11. The fraction of sp³-hybridized carbons (Fsp3) is 0.600. The molecule has 1 fully saturated rings. The van der Waals surface area contributed by atoms with Gasteiger partial charge >= 0.3 is 5.97 Å². The standard InChI is InChI=1S/C10H14N2O4S/c1-2-16-9(15)6-5-17-10(11-6)12-3-7(13)8(14)4-12/h5,7-8,13-14H,2-4H2,1H3/t7-,8+. The number of hydrogen-bond acceptors (Lipinski definition) is 7. The van der Waals surface area contributed by atoms with Crippen LogP contribution in [0.2, 0.25) is 0 Å². The molecule has 1 aromatic heterocycles. The van der Waals surface area contributed by atoms with E-state index in [1.807, 2.05) is 0 Å². The maximum Gasteiger partial charge on any atom is 0.357 e. The van der Waals surface area contributed by atoms with Crippen LogP contribution in [0.15, 0.2) is 5.38 Å². The normalized spacial score (nSPS) is 24.1. The SMILES string of the molecule is CCOC(=O)c1csc(N2C[C@@H](O)[C@@H](O)C2)n1. The van der Waals surface area contributed by atoms with Crippen molar-refractivity contribution in [2.24, 2.45) is 0 Å². The third-order valence-electron chi connectivity index (χ3n) is 2.51. The molecule has 0 aliphatic carbocycles. The minimum absolute atomic E-state index is 0.266. The van der Waals surface area contributed by atoms with Crippen LogP contribution in [0.25, 0.3) is 0 Å². The maximum absolute atomic E-state index is 11.4. The molecule has 2 heterocycles. The third kappa shape index (κ3) is 2.56. The lowest BCUT2D eigenvalue weighted by molar-refractivity contribution is 0.0520. The average Bonchev–Trinajstić information content (AvgIpc) is 2.87. The first kappa shape index (κ1) is 12.3. The summed E-state index contributed by atoms with van der Waals surface area (Å²) in [6, 6.07) is 0. The molecule has 2 rings (SSSR count). The molecule has 17 heavy (non-hydrogen) atoms. The number of aromatic nitrogens is 1. The molecule has 0 unspecified atom stereocenters. The Kier molecular flexibility index (Phi) is 3.60. The van der Waals surface area contributed by atoms with E-state index in [2.05, 4.69) is 4.98 Å². The number of anilines is 1. The molecule has 1 aromatic rings.